The molecule has 0 aliphatic rings. The van der Waals surface area contributed by atoms with Gasteiger partial charge in [-0.3, -0.25) is 0 Å². The average Bonchev–Trinajstić information content (AvgIpc) is 3.44. The highest BCUT2D eigenvalue weighted by Crippen LogP contribution is 2.24. The summed E-state index contributed by atoms with van der Waals surface area (Å²) in [5.41, 5.74) is 2.25. The second-order valence-corrected chi connectivity index (χ2v) is 8.72. The molecular formula is C22H18N6O2S2. The van der Waals surface area contributed by atoms with Crippen LogP contribution in [-0.4, -0.2) is 35.6 Å². The Morgan fingerprint density at radius 1 is 1.06 bits per heavy atom. The molecule has 0 aliphatic carbocycles. The Bertz CT molecular complexity index is 1410. The molecule has 0 amide bonds. The molecule has 5 aromatic rings. The predicted molar refractivity (Wildman–Crippen MR) is 124 cm³/mol. The molecular weight excluding hydrogens is 444 g/mol. The summed E-state index contributed by atoms with van der Waals surface area (Å²) < 4.78 is 8.17. The highest BCUT2D eigenvalue weighted by atomic mass is 32.2. The topological polar surface area (TPSA) is 91.1 Å². The van der Waals surface area contributed by atoms with Gasteiger partial charge >= 0.3 is 5.69 Å². The van der Waals surface area contributed by atoms with Gasteiger partial charge in [-0.1, -0.05) is 47.3 Å². The summed E-state index contributed by atoms with van der Waals surface area (Å²) in [5.74, 6) is 1.52. The van der Waals surface area contributed by atoms with Crippen molar-refractivity contribution in [1.29, 1.82) is 0 Å². The third kappa shape index (κ3) is 4.19. The van der Waals surface area contributed by atoms with Crippen LogP contribution in [0.1, 0.15) is 11.5 Å². The Labute approximate surface area is 191 Å². The van der Waals surface area contributed by atoms with E-state index in [1.807, 2.05) is 48.7 Å². The number of nitrogens with zero attached hydrogens (tertiary/aromatic N) is 6. The Morgan fingerprint density at radius 2 is 1.88 bits per heavy atom. The van der Waals surface area contributed by atoms with Crippen molar-refractivity contribution >= 4 is 29.2 Å². The molecule has 0 aliphatic heterocycles. The van der Waals surface area contributed by atoms with E-state index in [0.29, 0.717) is 22.4 Å². The number of fused-ring (bicyclic) bond motifs is 1. The number of aromatic nitrogens is 6. The maximum absolute atomic E-state index is 12.8. The molecule has 160 valence electrons. The lowest BCUT2D eigenvalue weighted by molar-refractivity contribution is 0.364. The zero-order valence-corrected chi connectivity index (χ0v) is 18.7. The first-order valence-corrected chi connectivity index (χ1v) is 12.0. The first-order chi connectivity index (χ1) is 15.7. The first-order valence-electron chi connectivity index (χ1n) is 9.79. The SMILES string of the molecule is CSc1ccc(-c2noc(Cn3nc4c(SCc5ccccc5)nccn4c3=O)n2)cc1. The highest BCUT2D eigenvalue weighted by Gasteiger charge is 2.16. The summed E-state index contributed by atoms with van der Waals surface area (Å²) in [6.07, 6.45) is 5.24. The number of hydrogen-bond acceptors (Lipinski definition) is 8. The minimum Gasteiger partial charge on any atom is -0.337 e. The second kappa shape index (κ2) is 9.01. The van der Waals surface area contributed by atoms with Gasteiger partial charge in [-0.25, -0.2) is 18.9 Å². The van der Waals surface area contributed by atoms with E-state index < -0.39 is 0 Å². The van der Waals surface area contributed by atoms with E-state index in [2.05, 4.69) is 32.4 Å². The van der Waals surface area contributed by atoms with Crippen LogP contribution in [0.3, 0.4) is 0 Å². The molecule has 3 heterocycles. The fourth-order valence-corrected chi connectivity index (χ4v) is 4.47. The Hall–Kier alpha value is -3.37. The van der Waals surface area contributed by atoms with Gasteiger partial charge in [0, 0.05) is 28.6 Å². The van der Waals surface area contributed by atoms with Crippen LogP contribution in [0, 0.1) is 0 Å². The maximum atomic E-state index is 12.8. The van der Waals surface area contributed by atoms with Crippen LogP contribution < -0.4 is 5.69 Å². The van der Waals surface area contributed by atoms with E-state index in [1.165, 1.54) is 26.4 Å². The molecule has 0 atom stereocenters. The van der Waals surface area contributed by atoms with Gasteiger partial charge in [-0.05, 0) is 36.1 Å². The van der Waals surface area contributed by atoms with Crippen molar-refractivity contribution in [2.75, 3.05) is 6.26 Å². The summed E-state index contributed by atoms with van der Waals surface area (Å²) in [7, 11) is 0. The molecule has 0 saturated carbocycles. The molecule has 0 N–H and O–H groups in total. The fourth-order valence-electron chi connectivity index (χ4n) is 3.16. The zero-order chi connectivity index (χ0) is 21.9. The van der Waals surface area contributed by atoms with E-state index in [-0.39, 0.29) is 12.2 Å². The van der Waals surface area contributed by atoms with Crippen LogP contribution in [0.15, 0.2) is 86.2 Å². The van der Waals surface area contributed by atoms with Gasteiger partial charge < -0.3 is 4.52 Å². The Morgan fingerprint density at radius 3 is 2.66 bits per heavy atom. The zero-order valence-electron chi connectivity index (χ0n) is 17.1. The summed E-state index contributed by atoms with van der Waals surface area (Å²) >= 11 is 3.20. The van der Waals surface area contributed by atoms with E-state index >= 15 is 0 Å². The van der Waals surface area contributed by atoms with Crippen molar-refractivity contribution < 1.29 is 4.52 Å². The van der Waals surface area contributed by atoms with Gasteiger partial charge in [0.1, 0.15) is 11.6 Å². The van der Waals surface area contributed by atoms with Crippen molar-refractivity contribution in [2.45, 2.75) is 22.2 Å². The van der Waals surface area contributed by atoms with Gasteiger partial charge in [0.15, 0.2) is 5.65 Å². The number of thioether (sulfide) groups is 2. The van der Waals surface area contributed by atoms with E-state index in [9.17, 15) is 4.79 Å². The molecule has 8 nitrogen and oxygen atoms in total. The van der Waals surface area contributed by atoms with Crippen molar-refractivity contribution in [1.82, 2.24) is 29.3 Å². The summed E-state index contributed by atoms with van der Waals surface area (Å²) in [6.45, 7) is 0.0825. The normalized spacial score (nSPS) is 11.3. The summed E-state index contributed by atoms with van der Waals surface area (Å²) in [5, 5.41) is 9.21. The van der Waals surface area contributed by atoms with Crippen LogP contribution in [0.4, 0.5) is 0 Å². The van der Waals surface area contributed by atoms with Crippen LogP contribution in [0.25, 0.3) is 17.0 Å². The van der Waals surface area contributed by atoms with Crippen molar-refractivity contribution in [2.24, 2.45) is 0 Å². The predicted octanol–water partition coefficient (Wildman–Crippen LogP) is 4.00. The Balaban J connectivity index is 1.38. The molecule has 2 aromatic carbocycles. The third-order valence-electron chi connectivity index (χ3n) is 4.79. The molecule has 32 heavy (non-hydrogen) atoms. The minimum atomic E-state index is -0.284. The van der Waals surface area contributed by atoms with E-state index in [1.54, 1.807) is 24.2 Å². The molecule has 5 rings (SSSR count). The molecule has 0 unspecified atom stereocenters. The van der Waals surface area contributed by atoms with Gasteiger partial charge in [0.2, 0.25) is 11.7 Å². The smallest absolute Gasteiger partial charge is 0.337 e. The number of hydrogen-bond donors (Lipinski definition) is 0. The van der Waals surface area contributed by atoms with Crippen molar-refractivity contribution in [3.8, 4) is 11.4 Å². The molecule has 0 bridgehead atoms. The molecule has 0 radical (unpaired) electrons. The van der Waals surface area contributed by atoms with E-state index in [4.69, 9.17) is 4.52 Å². The quantitative estimate of drug-likeness (QED) is 0.335. The van der Waals surface area contributed by atoms with E-state index in [0.717, 1.165) is 16.2 Å². The minimum absolute atomic E-state index is 0.0825. The van der Waals surface area contributed by atoms with Crippen LogP contribution in [0.5, 0.6) is 0 Å². The van der Waals surface area contributed by atoms with Crippen molar-refractivity contribution in [3.63, 3.8) is 0 Å². The van der Waals surface area contributed by atoms with Gasteiger partial charge in [-0.15, -0.1) is 16.9 Å². The highest BCUT2D eigenvalue weighted by molar-refractivity contribution is 7.98. The fraction of sp³-hybridized carbons (Fsp3) is 0.136. The number of rotatable bonds is 7. The molecule has 0 fully saturated rings. The average molecular weight is 463 g/mol. The van der Waals surface area contributed by atoms with Gasteiger partial charge in [-0.2, -0.15) is 4.98 Å². The Kier molecular flexibility index (Phi) is 5.78. The monoisotopic (exact) mass is 462 g/mol. The maximum Gasteiger partial charge on any atom is 0.350 e. The molecule has 10 heteroatoms. The van der Waals surface area contributed by atoms with Gasteiger partial charge in [0.05, 0.1) is 0 Å². The molecule has 3 aromatic heterocycles. The molecule has 0 saturated heterocycles. The van der Waals surface area contributed by atoms with Crippen LogP contribution in [-0.2, 0) is 12.3 Å². The lowest BCUT2D eigenvalue weighted by atomic mass is 10.2. The third-order valence-corrected chi connectivity index (χ3v) is 6.57. The second-order valence-electron chi connectivity index (χ2n) is 6.88. The summed E-state index contributed by atoms with van der Waals surface area (Å²) in [6, 6.07) is 18.0. The lowest BCUT2D eigenvalue weighted by Gasteiger charge is -2.01. The first kappa shape index (κ1) is 20.5. The largest absolute Gasteiger partial charge is 0.350 e. The molecule has 0 spiro atoms. The van der Waals surface area contributed by atoms with Gasteiger partial charge in [0.25, 0.3) is 0 Å². The summed E-state index contributed by atoms with van der Waals surface area (Å²) in [4.78, 5) is 22.8. The lowest BCUT2D eigenvalue weighted by Crippen LogP contribution is -2.21. The standard InChI is InChI=1S/C22H18N6O2S2/c1-31-17-9-7-16(8-10-17)19-24-18(30-26-19)13-28-22(29)27-12-11-23-21(20(27)25-28)32-14-15-5-3-2-4-6-15/h2-12H,13-14H2,1H3. The van der Waals surface area contributed by atoms with Crippen LogP contribution >= 0.6 is 23.5 Å². The number of benzene rings is 2. The van der Waals surface area contributed by atoms with Crippen LogP contribution in [0.2, 0.25) is 0 Å². The van der Waals surface area contributed by atoms with Crippen molar-refractivity contribution in [3.05, 3.63) is 88.9 Å².